The number of aliphatic hydroxyl groups is 1. The Balaban J connectivity index is 1.61. The highest BCUT2D eigenvalue weighted by Gasteiger charge is 2.21. The molecule has 23 heavy (non-hydrogen) atoms. The highest BCUT2D eigenvalue weighted by molar-refractivity contribution is 5.89. The molecule has 3 rings (SSSR count). The summed E-state index contributed by atoms with van der Waals surface area (Å²) < 4.78 is 5.66. The van der Waals surface area contributed by atoms with Crippen LogP contribution in [0.1, 0.15) is 42.4 Å². The minimum Gasteiger partial charge on any atom is -0.464 e. The van der Waals surface area contributed by atoms with E-state index in [9.17, 15) is 9.90 Å². The number of carbonyl (C=O) groups is 1. The van der Waals surface area contributed by atoms with E-state index < -0.39 is 0 Å². The van der Waals surface area contributed by atoms with Crippen molar-refractivity contribution in [2.75, 3.05) is 6.54 Å². The molecule has 0 saturated heterocycles. The van der Waals surface area contributed by atoms with Crippen LogP contribution in [0, 0.1) is 19.8 Å². The van der Waals surface area contributed by atoms with Gasteiger partial charge in [-0.15, -0.1) is 0 Å². The summed E-state index contributed by atoms with van der Waals surface area (Å²) >= 11 is 0. The number of benzene rings is 1. The van der Waals surface area contributed by atoms with Gasteiger partial charge >= 0.3 is 0 Å². The maximum absolute atomic E-state index is 12.2. The SMILES string of the molecule is Cc1ccc2c(CC(=O)NCC3CCCC(O)C3)coc2c1C. The Labute approximate surface area is 136 Å². The van der Waals surface area contributed by atoms with Gasteiger partial charge in [0.1, 0.15) is 5.58 Å². The van der Waals surface area contributed by atoms with Crippen LogP contribution < -0.4 is 5.32 Å². The van der Waals surface area contributed by atoms with E-state index in [0.717, 1.165) is 47.8 Å². The summed E-state index contributed by atoms with van der Waals surface area (Å²) in [6.45, 7) is 4.76. The van der Waals surface area contributed by atoms with Crippen LogP contribution >= 0.6 is 0 Å². The lowest BCUT2D eigenvalue weighted by Gasteiger charge is -2.25. The molecule has 4 nitrogen and oxygen atoms in total. The first kappa shape index (κ1) is 16.1. The molecule has 2 unspecified atom stereocenters. The lowest BCUT2D eigenvalue weighted by Crippen LogP contribution is -2.33. The number of rotatable bonds is 4. The van der Waals surface area contributed by atoms with Crippen molar-refractivity contribution in [3.63, 3.8) is 0 Å². The van der Waals surface area contributed by atoms with Crippen molar-refractivity contribution in [3.8, 4) is 0 Å². The molecule has 2 aromatic rings. The van der Waals surface area contributed by atoms with Crippen LogP contribution in [0.3, 0.4) is 0 Å². The third-order valence-electron chi connectivity index (χ3n) is 5.04. The number of furan rings is 1. The van der Waals surface area contributed by atoms with E-state index in [1.54, 1.807) is 6.26 Å². The van der Waals surface area contributed by atoms with Gasteiger partial charge < -0.3 is 14.8 Å². The average molecular weight is 315 g/mol. The fourth-order valence-corrected chi connectivity index (χ4v) is 3.47. The summed E-state index contributed by atoms with van der Waals surface area (Å²) in [6.07, 6.45) is 5.66. The molecule has 1 aliphatic rings. The van der Waals surface area contributed by atoms with Gasteiger partial charge in [0.25, 0.3) is 0 Å². The molecule has 0 bridgehead atoms. The predicted octanol–water partition coefficient (Wildman–Crippen LogP) is 3.26. The largest absolute Gasteiger partial charge is 0.464 e. The summed E-state index contributed by atoms with van der Waals surface area (Å²) in [6, 6.07) is 4.10. The number of hydrogen-bond donors (Lipinski definition) is 2. The Hall–Kier alpha value is -1.81. The Morgan fingerprint density at radius 1 is 1.35 bits per heavy atom. The molecule has 0 radical (unpaired) electrons. The van der Waals surface area contributed by atoms with Crippen LogP contribution in [-0.4, -0.2) is 23.7 Å². The smallest absolute Gasteiger partial charge is 0.224 e. The summed E-state index contributed by atoms with van der Waals surface area (Å²) in [5, 5.41) is 13.7. The molecular formula is C19H25NO3. The second-order valence-electron chi connectivity index (χ2n) is 6.81. The monoisotopic (exact) mass is 315 g/mol. The van der Waals surface area contributed by atoms with E-state index in [2.05, 4.69) is 18.3 Å². The summed E-state index contributed by atoms with van der Waals surface area (Å²) in [7, 11) is 0. The minimum atomic E-state index is -0.199. The van der Waals surface area contributed by atoms with Gasteiger partial charge in [-0.1, -0.05) is 18.6 Å². The van der Waals surface area contributed by atoms with Gasteiger partial charge in [0.15, 0.2) is 0 Å². The molecule has 2 atom stereocenters. The molecule has 0 spiro atoms. The van der Waals surface area contributed by atoms with Gasteiger partial charge in [0, 0.05) is 17.5 Å². The zero-order chi connectivity index (χ0) is 16.4. The first-order chi connectivity index (χ1) is 11.0. The first-order valence-electron chi connectivity index (χ1n) is 8.45. The fraction of sp³-hybridized carbons (Fsp3) is 0.526. The third kappa shape index (κ3) is 3.58. The Kier molecular flexibility index (Phi) is 4.71. The molecule has 1 aromatic heterocycles. The van der Waals surface area contributed by atoms with Gasteiger partial charge in [-0.2, -0.15) is 0 Å². The van der Waals surface area contributed by atoms with Crippen molar-refractivity contribution in [1.29, 1.82) is 0 Å². The number of aryl methyl sites for hydroxylation is 2. The number of nitrogens with one attached hydrogen (secondary N) is 1. The molecule has 2 N–H and O–H groups in total. The highest BCUT2D eigenvalue weighted by atomic mass is 16.3. The normalized spacial score (nSPS) is 21.5. The average Bonchev–Trinajstić information content (AvgIpc) is 2.93. The van der Waals surface area contributed by atoms with Crippen LogP contribution in [0.4, 0.5) is 0 Å². The van der Waals surface area contributed by atoms with Crippen molar-refractivity contribution in [3.05, 3.63) is 35.1 Å². The second kappa shape index (κ2) is 6.75. The van der Waals surface area contributed by atoms with Gasteiger partial charge in [0.2, 0.25) is 5.91 Å². The number of hydrogen-bond acceptors (Lipinski definition) is 3. The fourth-order valence-electron chi connectivity index (χ4n) is 3.47. The predicted molar refractivity (Wildman–Crippen MR) is 90.4 cm³/mol. The molecule has 1 saturated carbocycles. The summed E-state index contributed by atoms with van der Waals surface area (Å²) in [5.74, 6) is 0.416. The number of fused-ring (bicyclic) bond motifs is 1. The summed E-state index contributed by atoms with van der Waals surface area (Å²) in [5.41, 5.74) is 4.14. The van der Waals surface area contributed by atoms with Gasteiger partial charge in [0.05, 0.1) is 18.8 Å². The standard InChI is InChI=1S/C19H25NO3/c1-12-6-7-17-15(11-23-19(17)13(12)2)9-18(22)20-10-14-4-3-5-16(21)8-14/h6-7,11,14,16,21H,3-5,8-10H2,1-2H3,(H,20,22). The first-order valence-corrected chi connectivity index (χ1v) is 8.45. The summed E-state index contributed by atoms with van der Waals surface area (Å²) in [4.78, 5) is 12.2. The molecular weight excluding hydrogens is 290 g/mol. The van der Waals surface area contributed by atoms with Crippen molar-refractivity contribution >= 4 is 16.9 Å². The molecule has 1 heterocycles. The maximum Gasteiger partial charge on any atom is 0.224 e. The van der Waals surface area contributed by atoms with Gasteiger partial charge in [-0.05, 0) is 50.2 Å². The maximum atomic E-state index is 12.2. The van der Waals surface area contributed by atoms with E-state index >= 15 is 0 Å². The van der Waals surface area contributed by atoms with E-state index in [1.807, 2.05) is 13.0 Å². The van der Waals surface area contributed by atoms with E-state index in [-0.39, 0.29) is 12.0 Å². The Morgan fingerprint density at radius 2 is 2.17 bits per heavy atom. The number of amides is 1. The quantitative estimate of drug-likeness (QED) is 0.910. The topological polar surface area (TPSA) is 62.5 Å². The molecule has 0 aliphatic heterocycles. The van der Waals surface area contributed by atoms with Gasteiger partial charge in [-0.3, -0.25) is 4.79 Å². The minimum absolute atomic E-state index is 0.0194. The van der Waals surface area contributed by atoms with Crippen LogP contribution in [0.5, 0.6) is 0 Å². The van der Waals surface area contributed by atoms with E-state index in [1.165, 1.54) is 5.56 Å². The van der Waals surface area contributed by atoms with Crippen LogP contribution in [-0.2, 0) is 11.2 Å². The molecule has 1 aliphatic carbocycles. The van der Waals surface area contributed by atoms with Gasteiger partial charge in [-0.25, -0.2) is 0 Å². The number of carbonyl (C=O) groups excluding carboxylic acids is 1. The van der Waals surface area contributed by atoms with E-state index in [4.69, 9.17) is 4.42 Å². The highest BCUT2D eigenvalue weighted by Crippen LogP contribution is 2.27. The number of aliphatic hydroxyl groups excluding tert-OH is 1. The molecule has 1 fully saturated rings. The van der Waals surface area contributed by atoms with Crippen molar-refractivity contribution in [2.24, 2.45) is 5.92 Å². The Bertz CT molecular complexity index is 704. The molecule has 1 amide bonds. The lowest BCUT2D eigenvalue weighted by molar-refractivity contribution is -0.120. The molecule has 124 valence electrons. The van der Waals surface area contributed by atoms with Crippen molar-refractivity contribution in [2.45, 2.75) is 52.1 Å². The van der Waals surface area contributed by atoms with Crippen molar-refractivity contribution < 1.29 is 14.3 Å². The van der Waals surface area contributed by atoms with Crippen LogP contribution in [0.25, 0.3) is 11.0 Å². The Morgan fingerprint density at radius 3 is 2.96 bits per heavy atom. The van der Waals surface area contributed by atoms with Crippen LogP contribution in [0.2, 0.25) is 0 Å². The third-order valence-corrected chi connectivity index (χ3v) is 5.04. The molecule has 1 aromatic carbocycles. The zero-order valence-electron chi connectivity index (χ0n) is 13.9. The van der Waals surface area contributed by atoms with Crippen molar-refractivity contribution in [1.82, 2.24) is 5.32 Å². The lowest BCUT2D eigenvalue weighted by atomic mass is 9.87. The van der Waals surface area contributed by atoms with Crippen LogP contribution in [0.15, 0.2) is 22.8 Å². The van der Waals surface area contributed by atoms with E-state index in [0.29, 0.717) is 18.9 Å². The zero-order valence-corrected chi connectivity index (χ0v) is 13.9. The second-order valence-corrected chi connectivity index (χ2v) is 6.81. The molecule has 4 heteroatoms.